The number of hydrogen-bond acceptors (Lipinski definition) is 4. The predicted octanol–water partition coefficient (Wildman–Crippen LogP) is 3.76. The first kappa shape index (κ1) is 19.4. The maximum atomic E-state index is 12.4. The highest BCUT2D eigenvalue weighted by atomic mass is 35.5. The molecule has 0 aliphatic rings. The van der Waals surface area contributed by atoms with Crippen LogP contribution in [0, 0.1) is 0 Å². The number of benzene rings is 2. The van der Waals surface area contributed by atoms with Gasteiger partial charge < -0.3 is 5.32 Å². The van der Waals surface area contributed by atoms with E-state index in [0.717, 1.165) is 27.3 Å². The second-order valence-electron chi connectivity index (χ2n) is 6.87. The number of thiazole rings is 1. The zero-order chi connectivity index (χ0) is 20.5. The van der Waals surface area contributed by atoms with Crippen LogP contribution >= 0.6 is 22.9 Å². The first-order valence-corrected chi connectivity index (χ1v) is 10.3. The van der Waals surface area contributed by atoms with Crippen molar-refractivity contribution >= 4 is 45.6 Å². The second kappa shape index (κ2) is 7.85. The number of hydrogen-bond donors (Lipinski definition) is 1. The summed E-state index contributed by atoms with van der Waals surface area (Å²) >= 11 is 7.56. The third-order valence-electron chi connectivity index (χ3n) is 4.74. The van der Waals surface area contributed by atoms with E-state index >= 15 is 0 Å². The van der Waals surface area contributed by atoms with E-state index in [1.165, 1.54) is 11.3 Å². The van der Waals surface area contributed by atoms with Gasteiger partial charge in [0.1, 0.15) is 0 Å². The summed E-state index contributed by atoms with van der Waals surface area (Å²) in [6.07, 6.45) is 0.878. The smallest absolute Gasteiger partial charge is 0.326 e. The van der Waals surface area contributed by atoms with Gasteiger partial charge in [0.15, 0.2) is 0 Å². The zero-order valence-electron chi connectivity index (χ0n) is 16.0. The van der Waals surface area contributed by atoms with Gasteiger partial charge in [-0.2, -0.15) is 0 Å². The number of aromatic nitrogens is 3. The lowest BCUT2D eigenvalue weighted by Crippen LogP contribution is -2.19. The fraction of sp³-hybridized carbons (Fsp3) is 0.190. The zero-order valence-corrected chi connectivity index (χ0v) is 17.5. The molecule has 148 valence electrons. The molecule has 2 aromatic heterocycles. The van der Waals surface area contributed by atoms with Crippen LogP contribution in [0.15, 0.2) is 52.6 Å². The van der Waals surface area contributed by atoms with Gasteiger partial charge in [-0.05, 0) is 35.9 Å². The van der Waals surface area contributed by atoms with Crippen molar-refractivity contribution < 1.29 is 4.79 Å². The number of carbonyl (C=O) groups is 1. The molecule has 8 heteroatoms. The lowest BCUT2D eigenvalue weighted by molar-refractivity contribution is -0.115. The van der Waals surface area contributed by atoms with E-state index in [4.69, 9.17) is 11.6 Å². The molecule has 0 aliphatic heterocycles. The molecule has 0 bridgehead atoms. The van der Waals surface area contributed by atoms with E-state index in [9.17, 15) is 9.59 Å². The molecule has 6 nitrogen and oxygen atoms in total. The summed E-state index contributed by atoms with van der Waals surface area (Å²) in [5.41, 5.74) is 3.96. The molecule has 1 N–H and O–H groups in total. The van der Waals surface area contributed by atoms with Crippen LogP contribution < -0.4 is 11.0 Å². The number of imidazole rings is 1. The number of halogens is 1. The van der Waals surface area contributed by atoms with Gasteiger partial charge in [0, 0.05) is 36.6 Å². The molecule has 4 rings (SSSR count). The van der Waals surface area contributed by atoms with Crippen LogP contribution in [-0.2, 0) is 31.7 Å². The molecule has 0 aliphatic carbocycles. The Balaban J connectivity index is 1.44. The van der Waals surface area contributed by atoms with Crippen molar-refractivity contribution in [2.75, 3.05) is 5.32 Å². The summed E-state index contributed by atoms with van der Waals surface area (Å²) in [7, 11) is 3.44. The Kier molecular flexibility index (Phi) is 5.25. The topological polar surface area (TPSA) is 68.9 Å². The van der Waals surface area contributed by atoms with Gasteiger partial charge in [-0.25, -0.2) is 9.78 Å². The van der Waals surface area contributed by atoms with E-state index in [2.05, 4.69) is 10.3 Å². The number of anilines is 1. The number of aryl methyl sites for hydroxylation is 2. The van der Waals surface area contributed by atoms with Gasteiger partial charge >= 0.3 is 5.69 Å². The first-order chi connectivity index (χ1) is 13.9. The summed E-state index contributed by atoms with van der Waals surface area (Å²) in [5, 5.41) is 6.44. The number of nitrogens with one attached hydrogen (secondary N) is 1. The Morgan fingerprint density at radius 3 is 2.72 bits per heavy atom. The van der Waals surface area contributed by atoms with Crippen LogP contribution in [0.5, 0.6) is 0 Å². The Labute approximate surface area is 176 Å². The van der Waals surface area contributed by atoms with Crippen LogP contribution in [0.4, 0.5) is 5.69 Å². The average Bonchev–Trinajstić information content (AvgIpc) is 3.20. The highest BCUT2D eigenvalue weighted by Crippen LogP contribution is 2.20. The molecule has 1 amide bonds. The highest BCUT2D eigenvalue weighted by molar-refractivity contribution is 7.09. The Bertz CT molecular complexity index is 1270. The average molecular weight is 427 g/mol. The molecule has 0 saturated heterocycles. The molecule has 2 aromatic carbocycles. The molecule has 0 unspecified atom stereocenters. The van der Waals surface area contributed by atoms with Crippen molar-refractivity contribution in [2.45, 2.75) is 12.8 Å². The van der Waals surface area contributed by atoms with E-state index in [1.54, 1.807) is 35.4 Å². The molecule has 0 atom stereocenters. The molecule has 29 heavy (non-hydrogen) atoms. The van der Waals surface area contributed by atoms with Crippen LogP contribution in [-0.4, -0.2) is 20.0 Å². The quantitative estimate of drug-likeness (QED) is 0.528. The SMILES string of the molecule is Cn1c(=O)n(C)c2cc(NC(=O)Cc3csc(Cc4cccc(Cl)c4)n3)ccc21. The van der Waals surface area contributed by atoms with Crippen LogP contribution in [0.25, 0.3) is 11.0 Å². The van der Waals surface area contributed by atoms with Crippen LogP contribution in [0.3, 0.4) is 0 Å². The predicted molar refractivity (Wildman–Crippen MR) is 117 cm³/mol. The summed E-state index contributed by atoms with van der Waals surface area (Å²) in [6.45, 7) is 0. The van der Waals surface area contributed by atoms with Crippen molar-refractivity contribution in [3.63, 3.8) is 0 Å². The minimum absolute atomic E-state index is 0.0989. The second-order valence-corrected chi connectivity index (χ2v) is 8.25. The third kappa shape index (κ3) is 4.11. The van der Waals surface area contributed by atoms with Crippen molar-refractivity contribution in [2.24, 2.45) is 14.1 Å². The Hall–Kier alpha value is -2.90. The Morgan fingerprint density at radius 1 is 1.14 bits per heavy atom. The minimum atomic E-state index is -0.148. The van der Waals surface area contributed by atoms with Gasteiger partial charge in [-0.3, -0.25) is 13.9 Å². The fourth-order valence-corrected chi connectivity index (χ4v) is 4.33. The number of nitrogens with zero attached hydrogens (tertiary/aromatic N) is 3. The summed E-state index contributed by atoms with van der Waals surface area (Å²) in [5.74, 6) is -0.148. The summed E-state index contributed by atoms with van der Waals surface area (Å²) in [4.78, 5) is 29.0. The molecular formula is C21H19ClN4O2S. The maximum absolute atomic E-state index is 12.4. The maximum Gasteiger partial charge on any atom is 0.328 e. The van der Waals surface area contributed by atoms with Gasteiger partial charge in [-0.15, -0.1) is 11.3 Å². The monoisotopic (exact) mass is 426 g/mol. The molecule has 0 spiro atoms. The molecule has 0 fully saturated rings. The van der Waals surface area contributed by atoms with Crippen LogP contribution in [0.1, 0.15) is 16.3 Å². The van der Waals surface area contributed by atoms with Crippen molar-refractivity contribution in [3.8, 4) is 0 Å². The van der Waals surface area contributed by atoms with E-state index < -0.39 is 0 Å². The molecule has 0 radical (unpaired) electrons. The number of carbonyl (C=O) groups excluding carboxylic acids is 1. The standard InChI is InChI=1S/C21H19ClN4O2S/c1-25-17-7-6-15(10-18(17)26(2)21(25)28)23-19(27)11-16-12-29-20(24-16)9-13-4-3-5-14(22)8-13/h3-8,10,12H,9,11H2,1-2H3,(H,23,27). The van der Waals surface area contributed by atoms with Crippen molar-refractivity contribution in [1.29, 1.82) is 0 Å². The first-order valence-electron chi connectivity index (χ1n) is 9.04. The lowest BCUT2D eigenvalue weighted by atomic mass is 10.2. The van der Waals surface area contributed by atoms with Gasteiger partial charge in [0.25, 0.3) is 0 Å². The molecule has 0 saturated carbocycles. The third-order valence-corrected chi connectivity index (χ3v) is 5.87. The van der Waals surface area contributed by atoms with E-state index in [0.29, 0.717) is 17.1 Å². The highest BCUT2D eigenvalue weighted by Gasteiger charge is 2.12. The minimum Gasteiger partial charge on any atom is -0.326 e. The molecular weight excluding hydrogens is 408 g/mol. The van der Waals surface area contributed by atoms with Gasteiger partial charge in [-0.1, -0.05) is 23.7 Å². The number of rotatable bonds is 5. The number of amides is 1. The normalized spacial score (nSPS) is 11.1. The van der Waals surface area contributed by atoms with Crippen molar-refractivity contribution in [3.05, 3.63) is 79.6 Å². The largest absolute Gasteiger partial charge is 0.328 e. The molecule has 2 heterocycles. The Morgan fingerprint density at radius 2 is 1.93 bits per heavy atom. The van der Waals surface area contributed by atoms with Gasteiger partial charge in [0.05, 0.1) is 28.2 Å². The summed E-state index contributed by atoms with van der Waals surface area (Å²) in [6, 6.07) is 13.1. The van der Waals surface area contributed by atoms with Crippen molar-refractivity contribution in [1.82, 2.24) is 14.1 Å². The fourth-order valence-electron chi connectivity index (χ4n) is 3.29. The summed E-state index contributed by atoms with van der Waals surface area (Å²) < 4.78 is 3.14. The van der Waals surface area contributed by atoms with Crippen LogP contribution in [0.2, 0.25) is 5.02 Å². The van der Waals surface area contributed by atoms with E-state index in [-0.39, 0.29) is 18.0 Å². The van der Waals surface area contributed by atoms with E-state index in [1.807, 2.05) is 35.7 Å². The molecule has 4 aromatic rings. The lowest BCUT2D eigenvalue weighted by Gasteiger charge is -2.05. The number of fused-ring (bicyclic) bond motifs is 1. The van der Waals surface area contributed by atoms with Gasteiger partial charge in [0.2, 0.25) is 5.91 Å².